The molecule has 2 aliphatic heterocycles. The Balaban J connectivity index is 1.41. The summed E-state index contributed by atoms with van der Waals surface area (Å²) in [6.45, 7) is 0.298. The molecule has 2 aliphatic rings. The molecule has 2 N–H and O–H groups in total. The lowest BCUT2D eigenvalue weighted by molar-refractivity contribution is -0.123. The molecule has 8 nitrogen and oxygen atoms in total. The number of carbonyl (C=O) groups excluding carboxylic acids is 2. The summed E-state index contributed by atoms with van der Waals surface area (Å²) in [7, 11) is 1.51. The van der Waals surface area contributed by atoms with Crippen molar-refractivity contribution < 1.29 is 23.8 Å². The first kappa shape index (κ1) is 19.3. The smallest absolute Gasteiger partial charge is 0.407 e. The van der Waals surface area contributed by atoms with Gasteiger partial charge in [-0.15, -0.1) is 0 Å². The second-order valence-electron chi connectivity index (χ2n) is 6.90. The zero-order valence-electron chi connectivity index (χ0n) is 15.7. The average Bonchev–Trinajstić information content (AvgIpc) is 3.13. The molecule has 9 heteroatoms. The Bertz CT molecular complexity index is 952. The predicted molar refractivity (Wildman–Crippen MR) is 106 cm³/mol. The first-order valence-electron chi connectivity index (χ1n) is 9.25. The summed E-state index contributed by atoms with van der Waals surface area (Å²) in [4.78, 5) is 28.2. The van der Waals surface area contributed by atoms with Gasteiger partial charge in [0.2, 0.25) is 5.88 Å². The quantitative estimate of drug-likeness (QED) is 0.776. The lowest BCUT2D eigenvalue weighted by Crippen LogP contribution is -2.36. The minimum absolute atomic E-state index is 0.136. The van der Waals surface area contributed by atoms with Gasteiger partial charge in [-0.05, 0) is 48.7 Å². The van der Waals surface area contributed by atoms with Crippen molar-refractivity contribution in [3.8, 4) is 11.6 Å². The number of nitrogens with one attached hydrogen (secondary N) is 2. The number of aryl methyl sites for hydroxylation is 1. The van der Waals surface area contributed by atoms with Crippen LogP contribution in [0.5, 0.6) is 11.6 Å². The van der Waals surface area contributed by atoms with E-state index in [9.17, 15) is 9.59 Å². The second kappa shape index (κ2) is 8.16. The number of benzene rings is 1. The van der Waals surface area contributed by atoms with Crippen molar-refractivity contribution in [2.75, 3.05) is 19.0 Å². The number of pyridine rings is 1. The van der Waals surface area contributed by atoms with E-state index in [-0.39, 0.29) is 11.9 Å². The number of rotatable bonds is 5. The molecular formula is C20H20ClN3O5. The highest BCUT2D eigenvalue weighted by atomic mass is 35.5. The Labute approximate surface area is 172 Å². The molecule has 29 heavy (non-hydrogen) atoms. The van der Waals surface area contributed by atoms with Gasteiger partial charge in [0.05, 0.1) is 13.2 Å². The molecule has 1 aromatic carbocycles. The molecule has 0 saturated carbocycles. The monoisotopic (exact) mass is 417 g/mol. The van der Waals surface area contributed by atoms with E-state index in [1.54, 1.807) is 18.2 Å². The highest BCUT2D eigenvalue weighted by molar-refractivity contribution is 6.30. The summed E-state index contributed by atoms with van der Waals surface area (Å²) in [6.07, 6.45) is 0.736. The van der Waals surface area contributed by atoms with Crippen molar-refractivity contribution in [2.24, 2.45) is 0 Å². The van der Waals surface area contributed by atoms with Crippen molar-refractivity contribution in [1.82, 2.24) is 10.3 Å². The molecule has 3 heterocycles. The van der Waals surface area contributed by atoms with Gasteiger partial charge in [0.1, 0.15) is 18.2 Å². The maximum absolute atomic E-state index is 12.6. The largest absolute Gasteiger partial charge is 0.481 e. The van der Waals surface area contributed by atoms with Crippen molar-refractivity contribution >= 4 is 29.4 Å². The number of hydrogen-bond acceptors (Lipinski definition) is 6. The zero-order chi connectivity index (χ0) is 20.4. The van der Waals surface area contributed by atoms with Gasteiger partial charge in [-0.3, -0.25) is 4.79 Å². The van der Waals surface area contributed by atoms with E-state index in [0.29, 0.717) is 48.3 Å². The van der Waals surface area contributed by atoms with Gasteiger partial charge in [0.15, 0.2) is 6.10 Å². The van der Waals surface area contributed by atoms with E-state index < -0.39 is 12.2 Å². The van der Waals surface area contributed by atoms with Crippen molar-refractivity contribution in [3.05, 3.63) is 46.5 Å². The fraction of sp³-hybridized carbons (Fsp3) is 0.350. The molecule has 2 amide bonds. The lowest BCUT2D eigenvalue weighted by Gasteiger charge is -2.25. The van der Waals surface area contributed by atoms with Crippen LogP contribution in [0.15, 0.2) is 30.3 Å². The maximum atomic E-state index is 12.6. The molecule has 0 spiro atoms. The Kier molecular flexibility index (Phi) is 5.44. The third-order valence-corrected chi connectivity index (χ3v) is 5.08. The minimum atomic E-state index is -0.609. The predicted octanol–water partition coefficient (Wildman–Crippen LogP) is 2.73. The van der Waals surface area contributed by atoms with Crippen LogP contribution < -0.4 is 20.1 Å². The number of halogens is 1. The number of fused-ring (bicyclic) bond motifs is 1. The Morgan fingerprint density at radius 1 is 1.38 bits per heavy atom. The zero-order valence-corrected chi connectivity index (χ0v) is 16.5. The van der Waals surface area contributed by atoms with Gasteiger partial charge in [-0.25, -0.2) is 4.79 Å². The highest BCUT2D eigenvalue weighted by Crippen LogP contribution is 2.30. The average molecular weight is 418 g/mol. The van der Waals surface area contributed by atoms with Gasteiger partial charge in [0, 0.05) is 17.0 Å². The van der Waals surface area contributed by atoms with Crippen LogP contribution in [0.25, 0.3) is 0 Å². The third-order valence-electron chi connectivity index (χ3n) is 4.85. The molecular weight excluding hydrogens is 398 g/mol. The Morgan fingerprint density at radius 2 is 2.24 bits per heavy atom. The number of nitrogens with zero attached hydrogens (tertiary/aromatic N) is 1. The van der Waals surface area contributed by atoms with Gasteiger partial charge in [-0.2, -0.15) is 4.98 Å². The number of methoxy groups -OCH3 is 1. The number of alkyl carbamates (subject to hydrolysis) is 1. The molecule has 4 rings (SSSR count). The molecule has 1 saturated heterocycles. The van der Waals surface area contributed by atoms with Crippen LogP contribution in [-0.4, -0.2) is 42.8 Å². The second-order valence-corrected chi connectivity index (χ2v) is 7.33. The molecule has 1 aromatic heterocycles. The van der Waals surface area contributed by atoms with Crippen molar-refractivity contribution in [2.45, 2.75) is 31.4 Å². The number of ether oxygens (including phenoxy) is 3. The van der Waals surface area contributed by atoms with Crippen molar-refractivity contribution in [3.63, 3.8) is 0 Å². The van der Waals surface area contributed by atoms with Gasteiger partial charge >= 0.3 is 6.09 Å². The van der Waals surface area contributed by atoms with Crippen LogP contribution in [0.3, 0.4) is 0 Å². The van der Waals surface area contributed by atoms with Crippen LogP contribution in [-0.2, 0) is 22.4 Å². The number of aromatic nitrogens is 1. The van der Waals surface area contributed by atoms with Gasteiger partial charge in [-0.1, -0.05) is 11.6 Å². The fourth-order valence-corrected chi connectivity index (χ4v) is 3.62. The van der Waals surface area contributed by atoms with Crippen LogP contribution in [0, 0.1) is 0 Å². The topological polar surface area (TPSA) is 98.8 Å². The number of hydrogen-bond donors (Lipinski definition) is 2. The Morgan fingerprint density at radius 3 is 3.00 bits per heavy atom. The van der Waals surface area contributed by atoms with Gasteiger partial charge < -0.3 is 24.8 Å². The summed E-state index contributed by atoms with van der Waals surface area (Å²) >= 11 is 6.00. The standard InChI is InChI=1S/C20H20ClN3O5/c1-27-19-12(9-14-10-28-20(26)22-14)3-7-17(24-19)23-18(25)16-5-2-11-8-13(21)4-6-15(11)29-16/h3-4,6-8,14,16H,2,5,9-10H2,1H3,(H,22,26)(H,23,24,25)/t14-,16?/m0/s1. The van der Waals surface area contributed by atoms with E-state index in [4.69, 9.17) is 25.8 Å². The summed E-state index contributed by atoms with van der Waals surface area (Å²) in [5.74, 6) is 1.15. The summed E-state index contributed by atoms with van der Waals surface area (Å²) in [5, 5.41) is 6.15. The lowest BCUT2D eigenvalue weighted by atomic mass is 10.0. The van der Waals surface area contributed by atoms with E-state index in [1.807, 2.05) is 12.1 Å². The Hall–Kier alpha value is -3.00. The first-order valence-corrected chi connectivity index (χ1v) is 9.63. The van der Waals surface area contributed by atoms with Crippen LogP contribution in [0.4, 0.5) is 10.6 Å². The SMILES string of the molecule is COc1nc(NC(=O)C2CCc3cc(Cl)ccc3O2)ccc1C[C@H]1COC(=O)N1. The molecule has 0 radical (unpaired) electrons. The third kappa shape index (κ3) is 4.37. The highest BCUT2D eigenvalue weighted by Gasteiger charge is 2.27. The summed E-state index contributed by atoms with van der Waals surface area (Å²) in [6, 6.07) is 8.74. The number of amides is 2. The molecule has 0 aliphatic carbocycles. The normalized spacial score (nSPS) is 20.1. The van der Waals surface area contributed by atoms with Gasteiger partial charge in [0.25, 0.3) is 5.91 Å². The van der Waals surface area contributed by atoms with Crippen LogP contribution >= 0.6 is 11.6 Å². The van der Waals surface area contributed by atoms with E-state index >= 15 is 0 Å². The van der Waals surface area contributed by atoms with E-state index in [0.717, 1.165) is 11.1 Å². The molecule has 152 valence electrons. The van der Waals surface area contributed by atoms with Crippen molar-refractivity contribution in [1.29, 1.82) is 0 Å². The summed E-state index contributed by atoms with van der Waals surface area (Å²) in [5.41, 5.74) is 1.80. The maximum Gasteiger partial charge on any atom is 0.407 e. The van der Waals surface area contributed by atoms with Crippen LogP contribution in [0.2, 0.25) is 5.02 Å². The first-order chi connectivity index (χ1) is 14.0. The summed E-state index contributed by atoms with van der Waals surface area (Å²) < 4.78 is 16.1. The molecule has 2 atom stereocenters. The van der Waals surface area contributed by atoms with E-state index in [1.165, 1.54) is 7.11 Å². The number of cyclic esters (lactones) is 1. The molecule has 0 bridgehead atoms. The molecule has 2 aromatic rings. The number of carbonyl (C=O) groups is 2. The minimum Gasteiger partial charge on any atom is -0.481 e. The fourth-order valence-electron chi connectivity index (χ4n) is 3.42. The van der Waals surface area contributed by atoms with Crippen LogP contribution in [0.1, 0.15) is 17.5 Å². The van der Waals surface area contributed by atoms with E-state index in [2.05, 4.69) is 15.6 Å². The number of anilines is 1. The molecule has 1 unspecified atom stereocenters. The molecule has 1 fully saturated rings.